The minimum absolute atomic E-state index is 0.281. The third-order valence-electron chi connectivity index (χ3n) is 4.24. The minimum atomic E-state index is -0.401. The molecule has 0 saturated heterocycles. The highest BCUT2D eigenvalue weighted by atomic mass is 19.1. The van der Waals surface area contributed by atoms with Crippen molar-refractivity contribution in [3.63, 3.8) is 0 Å². The van der Waals surface area contributed by atoms with Crippen LogP contribution in [0.15, 0.2) is 42.6 Å². The second-order valence-electron chi connectivity index (χ2n) is 6.09. The van der Waals surface area contributed by atoms with Crippen molar-refractivity contribution in [1.82, 2.24) is 9.38 Å². The normalized spacial score (nSPS) is 11.0. The van der Waals surface area contributed by atoms with Crippen molar-refractivity contribution in [1.29, 1.82) is 0 Å². The van der Waals surface area contributed by atoms with Crippen LogP contribution >= 0.6 is 0 Å². The third-order valence-corrected chi connectivity index (χ3v) is 4.24. The Balaban J connectivity index is 1.85. The fourth-order valence-electron chi connectivity index (χ4n) is 2.88. The Kier molecular flexibility index (Phi) is 5.12. The number of benzene rings is 1. The summed E-state index contributed by atoms with van der Waals surface area (Å²) in [5.41, 5.74) is 3.58. The van der Waals surface area contributed by atoms with Crippen molar-refractivity contribution in [2.75, 3.05) is 5.32 Å². The molecule has 1 aromatic carbocycles. The quantitative estimate of drug-likeness (QED) is 0.712. The third kappa shape index (κ3) is 3.71. The zero-order valence-corrected chi connectivity index (χ0v) is 14.6. The number of halogens is 1. The number of carbonyl (C=O) groups excluding carboxylic acids is 1. The Bertz CT molecular complexity index is 884. The van der Waals surface area contributed by atoms with Gasteiger partial charge in [0.1, 0.15) is 17.2 Å². The second-order valence-corrected chi connectivity index (χ2v) is 6.09. The van der Waals surface area contributed by atoms with Gasteiger partial charge in [0, 0.05) is 11.9 Å². The number of amides is 1. The molecule has 0 fully saturated rings. The fraction of sp³-hybridized carbons (Fsp3) is 0.300. The summed E-state index contributed by atoms with van der Waals surface area (Å²) in [7, 11) is 0. The summed E-state index contributed by atoms with van der Waals surface area (Å²) in [6.07, 6.45) is 5.24. The summed E-state index contributed by atoms with van der Waals surface area (Å²) in [5, 5.41) is 2.89. The number of aromatic nitrogens is 2. The summed E-state index contributed by atoms with van der Waals surface area (Å²) in [5.74, 6) is -0.682. The smallest absolute Gasteiger partial charge is 0.274 e. The maximum Gasteiger partial charge on any atom is 0.274 e. The van der Waals surface area contributed by atoms with Crippen molar-refractivity contribution in [3.05, 3.63) is 65.4 Å². The maximum atomic E-state index is 13.6. The highest BCUT2D eigenvalue weighted by molar-refractivity contribution is 6.04. The number of imidazole rings is 1. The van der Waals surface area contributed by atoms with Gasteiger partial charge >= 0.3 is 0 Å². The lowest BCUT2D eigenvalue weighted by molar-refractivity contribution is 0.102. The standard InChI is InChI=1S/C20H22FN3O/c1-3-5-6-14-7-10-16(11-8-14)22-20(25)19-17(4-2)23-18-12-9-15(21)13-24(18)19/h7-13H,3-6H2,1-2H3,(H,22,25). The van der Waals surface area contributed by atoms with Gasteiger partial charge in [0.05, 0.1) is 5.69 Å². The molecule has 1 amide bonds. The molecule has 4 nitrogen and oxygen atoms in total. The summed E-state index contributed by atoms with van der Waals surface area (Å²) < 4.78 is 15.1. The number of hydrogen-bond acceptors (Lipinski definition) is 2. The molecule has 0 aliphatic carbocycles. The lowest BCUT2D eigenvalue weighted by Crippen LogP contribution is -2.16. The number of anilines is 1. The molecule has 5 heteroatoms. The summed E-state index contributed by atoms with van der Waals surface area (Å²) >= 11 is 0. The molecule has 3 rings (SSSR count). The van der Waals surface area contributed by atoms with Gasteiger partial charge in [0.2, 0.25) is 0 Å². The summed E-state index contributed by atoms with van der Waals surface area (Å²) in [4.78, 5) is 17.2. The molecular weight excluding hydrogens is 317 g/mol. The molecule has 25 heavy (non-hydrogen) atoms. The molecule has 0 saturated carbocycles. The number of rotatable bonds is 6. The molecule has 0 bridgehead atoms. The average molecular weight is 339 g/mol. The molecular formula is C20H22FN3O. The van der Waals surface area contributed by atoms with E-state index in [-0.39, 0.29) is 5.91 Å². The molecule has 3 aromatic rings. The Labute approximate surface area is 146 Å². The SMILES string of the molecule is CCCCc1ccc(NC(=O)c2c(CC)nc3ccc(F)cn23)cc1. The van der Waals surface area contributed by atoms with Crippen LogP contribution < -0.4 is 5.32 Å². The topological polar surface area (TPSA) is 46.4 Å². The molecule has 0 aliphatic heterocycles. The van der Waals surface area contributed by atoms with Crippen LogP contribution in [0.2, 0.25) is 0 Å². The van der Waals surface area contributed by atoms with Gasteiger partial charge in [-0.1, -0.05) is 32.4 Å². The van der Waals surface area contributed by atoms with Crippen LogP contribution in [0.1, 0.15) is 48.4 Å². The van der Waals surface area contributed by atoms with E-state index in [1.165, 1.54) is 22.2 Å². The van der Waals surface area contributed by atoms with Gasteiger partial charge in [0.15, 0.2) is 0 Å². The van der Waals surface area contributed by atoms with Crippen LogP contribution in [0.3, 0.4) is 0 Å². The van der Waals surface area contributed by atoms with E-state index >= 15 is 0 Å². The van der Waals surface area contributed by atoms with Crippen LogP contribution in [0.25, 0.3) is 5.65 Å². The number of unbranched alkanes of at least 4 members (excludes halogenated alkanes) is 1. The summed E-state index contributed by atoms with van der Waals surface area (Å²) in [6, 6.07) is 10.8. The van der Waals surface area contributed by atoms with Crippen molar-refractivity contribution in [3.8, 4) is 0 Å². The molecule has 0 spiro atoms. The molecule has 1 N–H and O–H groups in total. The van der Waals surface area contributed by atoms with E-state index in [0.717, 1.165) is 24.9 Å². The van der Waals surface area contributed by atoms with Crippen LogP contribution in [-0.4, -0.2) is 15.3 Å². The number of carbonyl (C=O) groups is 1. The predicted molar refractivity (Wildman–Crippen MR) is 97.5 cm³/mol. The minimum Gasteiger partial charge on any atom is -0.321 e. The molecule has 0 aliphatic rings. The second kappa shape index (κ2) is 7.47. The van der Waals surface area contributed by atoms with E-state index in [4.69, 9.17) is 0 Å². The molecule has 0 radical (unpaired) electrons. The van der Waals surface area contributed by atoms with Gasteiger partial charge < -0.3 is 5.32 Å². The number of nitrogens with one attached hydrogen (secondary N) is 1. The Morgan fingerprint density at radius 3 is 2.60 bits per heavy atom. The van der Waals surface area contributed by atoms with Crippen LogP contribution in [0.4, 0.5) is 10.1 Å². The van der Waals surface area contributed by atoms with Crippen molar-refractivity contribution in [2.24, 2.45) is 0 Å². The zero-order valence-electron chi connectivity index (χ0n) is 14.6. The van der Waals surface area contributed by atoms with Gasteiger partial charge in [-0.05, 0) is 49.1 Å². The average Bonchev–Trinajstić information content (AvgIpc) is 2.99. The number of fused-ring (bicyclic) bond motifs is 1. The van der Waals surface area contributed by atoms with Gasteiger partial charge in [-0.3, -0.25) is 9.20 Å². The van der Waals surface area contributed by atoms with Crippen LogP contribution in [0.5, 0.6) is 0 Å². The first kappa shape index (κ1) is 17.1. The number of pyridine rings is 1. The van der Waals surface area contributed by atoms with Gasteiger partial charge in [-0.2, -0.15) is 0 Å². The van der Waals surface area contributed by atoms with Gasteiger partial charge in [-0.15, -0.1) is 0 Å². The number of nitrogens with zero attached hydrogens (tertiary/aromatic N) is 2. The highest BCUT2D eigenvalue weighted by Gasteiger charge is 2.18. The van der Waals surface area contributed by atoms with E-state index in [9.17, 15) is 9.18 Å². The maximum absolute atomic E-state index is 13.6. The van der Waals surface area contributed by atoms with Crippen molar-refractivity contribution >= 4 is 17.2 Å². The first-order valence-electron chi connectivity index (χ1n) is 8.69. The molecule has 0 unspecified atom stereocenters. The Morgan fingerprint density at radius 2 is 1.92 bits per heavy atom. The Morgan fingerprint density at radius 1 is 1.16 bits per heavy atom. The molecule has 2 heterocycles. The highest BCUT2D eigenvalue weighted by Crippen LogP contribution is 2.18. The van der Waals surface area contributed by atoms with E-state index in [0.29, 0.717) is 23.5 Å². The first-order chi connectivity index (χ1) is 12.1. The molecule has 2 aromatic heterocycles. The van der Waals surface area contributed by atoms with Crippen LogP contribution in [0, 0.1) is 5.82 Å². The van der Waals surface area contributed by atoms with E-state index in [1.807, 2.05) is 31.2 Å². The molecule has 0 atom stereocenters. The lowest BCUT2D eigenvalue weighted by atomic mass is 10.1. The van der Waals surface area contributed by atoms with E-state index < -0.39 is 5.82 Å². The van der Waals surface area contributed by atoms with Gasteiger partial charge in [0.25, 0.3) is 5.91 Å². The monoisotopic (exact) mass is 339 g/mol. The van der Waals surface area contributed by atoms with E-state index in [1.54, 1.807) is 6.07 Å². The summed E-state index contributed by atoms with van der Waals surface area (Å²) in [6.45, 7) is 4.09. The number of hydrogen-bond donors (Lipinski definition) is 1. The fourth-order valence-corrected chi connectivity index (χ4v) is 2.88. The lowest BCUT2D eigenvalue weighted by Gasteiger charge is -2.08. The zero-order chi connectivity index (χ0) is 17.8. The predicted octanol–water partition coefficient (Wildman–Crippen LogP) is 4.63. The number of aryl methyl sites for hydroxylation is 2. The van der Waals surface area contributed by atoms with Crippen molar-refractivity contribution < 1.29 is 9.18 Å². The van der Waals surface area contributed by atoms with Crippen molar-refractivity contribution in [2.45, 2.75) is 39.5 Å². The van der Waals surface area contributed by atoms with Crippen LogP contribution in [-0.2, 0) is 12.8 Å². The van der Waals surface area contributed by atoms with E-state index in [2.05, 4.69) is 17.2 Å². The Hall–Kier alpha value is -2.69. The largest absolute Gasteiger partial charge is 0.321 e. The van der Waals surface area contributed by atoms with Gasteiger partial charge in [-0.25, -0.2) is 9.37 Å². The first-order valence-corrected chi connectivity index (χ1v) is 8.69. The molecule has 130 valence electrons.